The molecule has 3 heterocycles. The summed E-state index contributed by atoms with van der Waals surface area (Å²) in [5, 5.41) is 5.47. The first kappa shape index (κ1) is 21.3. The summed E-state index contributed by atoms with van der Waals surface area (Å²) in [6, 6.07) is 11.7. The summed E-state index contributed by atoms with van der Waals surface area (Å²) in [5.74, 6) is -0.215. The topological polar surface area (TPSA) is 75.4 Å². The van der Waals surface area contributed by atoms with Gasteiger partial charge in [0.05, 0.1) is 17.9 Å². The van der Waals surface area contributed by atoms with Crippen LogP contribution in [0.3, 0.4) is 0 Å². The Balaban J connectivity index is 1.39. The van der Waals surface area contributed by atoms with Gasteiger partial charge in [-0.1, -0.05) is 45.0 Å². The summed E-state index contributed by atoms with van der Waals surface area (Å²) in [5.41, 5.74) is 3.24. The highest BCUT2D eigenvalue weighted by Crippen LogP contribution is 2.29. The van der Waals surface area contributed by atoms with Gasteiger partial charge in [0, 0.05) is 24.0 Å². The zero-order valence-corrected chi connectivity index (χ0v) is 18.9. The third-order valence-electron chi connectivity index (χ3n) is 5.59. The van der Waals surface area contributed by atoms with Crippen LogP contribution >= 0.6 is 11.3 Å². The Bertz CT molecular complexity index is 1050. The maximum atomic E-state index is 12.8. The van der Waals surface area contributed by atoms with Crippen LogP contribution < -0.4 is 5.32 Å². The lowest BCUT2D eigenvalue weighted by atomic mass is 9.86. The fraction of sp³-hybridized carbons (Fsp3) is 0.375. The van der Waals surface area contributed by atoms with E-state index in [2.05, 4.69) is 55.3 Å². The molecule has 0 spiro atoms. The van der Waals surface area contributed by atoms with Crippen molar-refractivity contribution in [3.8, 4) is 11.3 Å². The molecule has 0 aliphatic carbocycles. The Morgan fingerprint density at radius 2 is 1.97 bits per heavy atom. The molecule has 0 unspecified atom stereocenters. The molecule has 2 amide bonds. The van der Waals surface area contributed by atoms with Crippen LogP contribution in [0.15, 0.2) is 52.5 Å². The Morgan fingerprint density at radius 3 is 2.65 bits per heavy atom. The molecule has 162 valence electrons. The highest BCUT2D eigenvalue weighted by molar-refractivity contribution is 7.14. The predicted octanol–water partition coefficient (Wildman–Crippen LogP) is 5.19. The van der Waals surface area contributed by atoms with E-state index in [0.717, 1.165) is 24.1 Å². The Hall–Kier alpha value is -2.93. The number of benzene rings is 1. The van der Waals surface area contributed by atoms with Gasteiger partial charge < -0.3 is 14.6 Å². The molecule has 7 heteroatoms. The molecule has 2 aromatic heterocycles. The Labute approximate surface area is 186 Å². The molecule has 4 rings (SSSR count). The molecule has 0 saturated carbocycles. The summed E-state index contributed by atoms with van der Waals surface area (Å²) >= 11 is 1.41. The maximum Gasteiger partial charge on any atom is 0.289 e. The average molecular weight is 438 g/mol. The minimum Gasteiger partial charge on any atom is -0.459 e. The highest BCUT2D eigenvalue weighted by atomic mass is 32.1. The maximum absolute atomic E-state index is 12.8. The molecule has 0 radical (unpaired) electrons. The van der Waals surface area contributed by atoms with Gasteiger partial charge in [0.2, 0.25) is 5.91 Å². The summed E-state index contributed by atoms with van der Waals surface area (Å²) in [6.45, 7) is 7.58. The number of piperidine rings is 1. The van der Waals surface area contributed by atoms with Crippen LogP contribution in [0.25, 0.3) is 11.3 Å². The molecule has 1 N–H and O–H groups in total. The predicted molar refractivity (Wildman–Crippen MR) is 122 cm³/mol. The van der Waals surface area contributed by atoms with Crippen molar-refractivity contribution in [2.24, 2.45) is 5.92 Å². The number of likely N-dealkylation sites (tertiary alicyclic amines) is 1. The molecule has 1 aliphatic heterocycles. The van der Waals surface area contributed by atoms with E-state index in [1.807, 2.05) is 5.38 Å². The van der Waals surface area contributed by atoms with Gasteiger partial charge in [0.1, 0.15) is 0 Å². The SMILES string of the molecule is CC(C)(C)c1ccc(-c2csc(NC(=O)[C@@H]3CCCN(C(=O)c4ccco4)C3)n2)cc1. The summed E-state index contributed by atoms with van der Waals surface area (Å²) in [6.07, 6.45) is 3.02. The molecular formula is C24H27N3O3S. The molecule has 1 saturated heterocycles. The lowest BCUT2D eigenvalue weighted by Crippen LogP contribution is -2.43. The lowest BCUT2D eigenvalue weighted by molar-refractivity contribution is -0.121. The number of amides is 2. The number of carbonyl (C=O) groups is 2. The molecule has 3 aromatic rings. The third-order valence-corrected chi connectivity index (χ3v) is 6.35. The Morgan fingerprint density at radius 1 is 1.19 bits per heavy atom. The van der Waals surface area contributed by atoms with Gasteiger partial charge in [-0.05, 0) is 36.0 Å². The van der Waals surface area contributed by atoms with Crippen LogP contribution in [0.2, 0.25) is 0 Å². The van der Waals surface area contributed by atoms with Gasteiger partial charge >= 0.3 is 0 Å². The number of rotatable bonds is 4. The van der Waals surface area contributed by atoms with Crippen molar-refractivity contribution in [1.29, 1.82) is 0 Å². The van der Waals surface area contributed by atoms with Crippen molar-refractivity contribution in [2.45, 2.75) is 39.0 Å². The van der Waals surface area contributed by atoms with Crippen molar-refractivity contribution in [3.05, 3.63) is 59.4 Å². The third kappa shape index (κ3) is 4.88. The first-order valence-corrected chi connectivity index (χ1v) is 11.4. The average Bonchev–Trinajstić information content (AvgIpc) is 3.45. The molecule has 1 atom stereocenters. The number of hydrogen-bond acceptors (Lipinski definition) is 5. The highest BCUT2D eigenvalue weighted by Gasteiger charge is 2.30. The first-order valence-electron chi connectivity index (χ1n) is 10.5. The molecule has 6 nitrogen and oxygen atoms in total. The molecule has 1 aliphatic rings. The van der Waals surface area contributed by atoms with Gasteiger partial charge in [0.25, 0.3) is 5.91 Å². The van der Waals surface area contributed by atoms with E-state index in [1.165, 1.54) is 23.2 Å². The van der Waals surface area contributed by atoms with Gasteiger partial charge in [-0.25, -0.2) is 4.98 Å². The van der Waals surface area contributed by atoms with E-state index >= 15 is 0 Å². The van der Waals surface area contributed by atoms with Crippen LogP contribution in [0.5, 0.6) is 0 Å². The molecular weight excluding hydrogens is 410 g/mol. The number of nitrogens with one attached hydrogen (secondary N) is 1. The van der Waals surface area contributed by atoms with Crippen molar-refractivity contribution >= 4 is 28.3 Å². The van der Waals surface area contributed by atoms with E-state index in [1.54, 1.807) is 17.0 Å². The lowest BCUT2D eigenvalue weighted by Gasteiger charge is -2.31. The number of aromatic nitrogens is 1. The zero-order chi connectivity index (χ0) is 22.0. The number of thiazole rings is 1. The summed E-state index contributed by atoms with van der Waals surface area (Å²) in [7, 11) is 0. The van der Waals surface area contributed by atoms with E-state index < -0.39 is 0 Å². The number of hydrogen-bond donors (Lipinski definition) is 1. The fourth-order valence-corrected chi connectivity index (χ4v) is 4.47. The molecule has 1 fully saturated rings. The normalized spacial score (nSPS) is 16.9. The fourth-order valence-electron chi connectivity index (χ4n) is 3.74. The van der Waals surface area contributed by atoms with Gasteiger partial charge in [-0.15, -0.1) is 11.3 Å². The second-order valence-electron chi connectivity index (χ2n) is 8.92. The van der Waals surface area contributed by atoms with Crippen LogP contribution in [0.1, 0.15) is 49.7 Å². The van der Waals surface area contributed by atoms with Crippen LogP contribution in [0, 0.1) is 5.92 Å². The van der Waals surface area contributed by atoms with Gasteiger partial charge in [0.15, 0.2) is 10.9 Å². The minimum absolute atomic E-state index is 0.0964. The molecule has 0 bridgehead atoms. The van der Waals surface area contributed by atoms with Crippen molar-refractivity contribution < 1.29 is 14.0 Å². The quantitative estimate of drug-likeness (QED) is 0.609. The summed E-state index contributed by atoms with van der Waals surface area (Å²) < 4.78 is 5.21. The Kier molecular flexibility index (Phi) is 5.96. The van der Waals surface area contributed by atoms with Crippen LogP contribution in [0.4, 0.5) is 5.13 Å². The van der Waals surface area contributed by atoms with Crippen LogP contribution in [-0.2, 0) is 10.2 Å². The van der Waals surface area contributed by atoms with Crippen molar-refractivity contribution in [1.82, 2.24) is 9.88 Å². The first-order chi connectivity index (χ1) is 14.8. The minimum atomic E-state index is -0.258. The van der Waals surface area contributed by atoms with E-state index in [-0.39, 0.29) is 23.1 Å². The van der Waals surface area contributed by atoms with E-state index in [0.29, 0.717) is 24.0 Å². The van der Waals surface area contributed by atoms with Gasteiger partial charge in [-0.2, -0.15) is 0 Å². The van der Waals surface area contributed by atoms with E-state index in [9.17, 15) is 9.59 Å². The second kappa shape index (κ2) is 8.67. The number of carbonyl (C=O) groups excluding carboxylic acids is 2. The smallest absolute Gasteiger partial charge is 0.289 e. The number of furan rings is 1. The van der Waals surface area contributed by atoms with E-state index in [4.69, 9.17) is 4.42 Å². The van der Waals surface area contributed by atoms with Crippen molar-refractivity contribution in [2.75, 3.05) is 18.4 Å². The number of nitrogens with zero attached hydrogens (tertiary/aromatic N) is 2. The van der Waals surface area contributed by atoms with Gasteiger partial charge in [-0.3, -0.25) is 9.59 Å². The molecule has 31 heavy (non-hydrogen) atoms. The number of anilines is 1. The standard InChI is InChI=1S/C24H27N3O3S/c1-24(2,3)18-10-8-16(9-11-18)19-15-31-23(25-19)26-21(28)17-6-4-12-27(14-17)22(29)20-7-5-13-30-20/h5,7-11,13,15,17H,4,6,12,14H2,1-3H3,(H,25,26,28)/t17-/m1/s1. The van der Waals surface area contributed by atoms with Crippen LogP contribution in [-0.4, -0.2) is 34.8 Å². The van der Waals surface area contributed by atoms with Crippen molar-refractivity contribution in [3.63, 3.8) is 0 Å². The monoisotopic (exact) mass is 437 g/mol. The second-order valence-corrected chi connectivity index (χ2v) is 9.78. The summed E-state index contributed by atoms with van der Waals surface area (Å²) in [4.78, 5) is 31.6. The molecule has 1 aromatic carbocycles. The largest absolute Gasteiger partial charge is 0.459 e. The zero-order valence-electron chi connectivity index (χ0n) is 18.1.